The quantitative estimate of drug-likeness (QED) is 0.537. The van der Waals surface area contributed by atoms with Crippen molar-refractivity contribution >= 4 is 21.8 Å². The van der Waals surface area contributed by atoms with Crippen molar-refractivity contribution in [2.75, 3.05) is 11.5 Å². The van der Waals surface area contributed by atoms with Crippen LogP contribution in [0.1, 0.15) is 17.7 Å². The van der Waals surface area contributed by atoms with Crippen LogP contribution in [0, 0.1) is 5.82 Å². The van der Waals surface area contributed by atoms with Crippen LogP contribution >= 0.6 is 0 Å². The summed E-state index contributed by atoms with van der Waals surface area (Å²) >= 11 is 0. The van der Waals surface area contributed by atoms with E-state index in [1.54, 1.807) is 35.2 Å². The SMILES string of the molecule is O=C(/C=C/c1ccccc1)N(Cc1ccc(-c2ccc(F)cc2)o1)[C@@H]1CCS(=O)(=O)C1. The van der Waals surface area contributed by atoms with Gasteiger partial charge in [0.15, 0.2) is 9.84 Å². The molecule has 2 aromatic carbocycles. The lowest BCUT2D eigenvalue weighted by Gasteiger charge is -2.26. The fraction of sp³-hybridized carbons (Fsp3) is 0.208. The Balaban J connectivity index is 1.55. The van der Waals surface area contributed by atoms with Crippen molar-refractivity contribution in [2.24, 2.45) is 0 Å². The number of halogens is 1. The molecule has 0 bridgehead atoms. The first-order chi connectivity index (χ1) is 14.9. The number of nitrogens with zero attached hydrogens (tertiary/aromatic N) is 1. The van der Waals surface area contributed by atoms with Crippen LogP contribution in [0.15, 0.2) is 77.2 Å². The molecule has 1 amide bonds. The van der Waals surface area contributed by atoms with E-state index in [1.807, 2.05) is 30.3 Å². The van der Waals surface area contributed by atoms with Crippen LogP contribution in [-0.2, 0) is 21.2 Å². The smallest absolute Gasteiger partial charge is 0.247 e. The van der Waals surface area contributed by atoms with Gasteiger partial charge in [0.05, 0.1) is 18.1 Å². The van der Waals surface area contributed by atoms with Crippen molar-refractivity contribution in [3.8, 4) is 11.3 Å². The van der Waals surface area contributed by atoms with Crippen LogP contribution in [0.3, 0.4) is 0 Å². The summed E-state index contributed by atoms with van der Waals surface area (Å²) in [5.74, 6) is 0.503. The van der Waals surface area contributed by atoms with E-state index in [1.165, 1.54) is 18.2 Å². The van der Waals surface area contributed by atoms with Crippen LogP contribution in [0.4, 0.5) is 4.39 Å². The van der Waals surface area contributed by atoms with Crippen molar-refractivity contribution in [1.29, 1.82) is 0 Å². The Hall–Kier alpha value is -3.19. The third-order valence-electron chi connectivity index (χ3n) is 5.27. The standard InChI is InChI=1S/C24H22FNO4S/c25-20-9-7-19(8-10-20)23-12-11-22(30-23)16-26(21-14-15-31(28,29)17-21)24(27)13-6-18-4-2-1-3-5-18/h1-13,21H,14-17H2/b13-6+/t21-/m1/s1. The van der Waals surface area contributed by atoms with E-state index in [0.29, 0.717) is 17.9 Å². The Bertz CT molecular complexity index is 1180. The van der Waals surface area contributed by atoms with Crippen LogP contribution in [0.25, 0.3) is 17.4 Å². The average molecular weight is 440 g/mol. The molecule has 1 saturated heterocycles. The predicted octanol–water partition coefficient (Wildman–Crippen LogP) is 4.31. The van der Waals surface area contributed by atoms with Crippen molar-refractivity contribution in [3.05, 3.63) is 89.9 Å². The normalized spacial score (nSPS) is 17.8. The fourth-order valence-electron chi connectivity index (χ4n) is 3.64. The van der Waals surface area contributed by atoms with E-state index in [0.717, 1.165) is 11.1 Å². The van der Waals surface area contributed by atoms with Crippen LogP contribution in [0.2, 0.25) is 0 Å². The molecule has 4 rings (SSSR count). The summed E-state index contributed by atoms with van der Waals surface area (Å²) in [6, 6.07) is 18.5. The molecular formula is C24H22FNO4S. The summed E-state index contributed by atoms with van der Waals surface area (Å²) in [4.78, 5) is 14.5. The van der Waals surface area contributed by atoms with Gasteiger partial charge in [-0.1, -0.05) is 30.3 Å². The number of sulfone groups is 1. The molecule has 31 heavy (non-hydrogen) atoms. The Morgan fingerprint density at radius 3 is 2.48 bits per heavy atom. The van der Waals surface area contributed by atoms with Crippen molar-refractivity contribution in [3.63, 3.8) is 0 Å². The summed E-state index contributed by atoms with van der Waals surface area (Å²) in [7, 11) is -3.16. The van der Waals surface area contributed by atoms with Gasteiger partial charge in [-0.05, 0) is 54.5 Å². The molecule has 0 N–H and O–H groups in total. The zero-order valence-electron chi connectivity index (χ0n) is 16.8. The Labute approximate surface area is 180 Å². The molecule has 7 heteroatoms. The molecule has 1 aliphatic rings. The van der Waals surface area contributed by atoms with E-state index in [2.05, 4.69) is 0 Å². The largest absolute Gasteiger partial charge is 0.459 e. The van der Waals surface area contributed by atoms with Crippen LogP contribution in [-0.4, -0.2) is 36.8 Å². The zero-order valence-corrected chi connectivity index (χ0v) is 17.6. The molecule has 0 unspecified atom stereocenters. The molecule has 1 atom stereocenters. The lowest BCUT2D eigenvalue weighted by molar-refractivity contribution is -0.128. The number of hydrogen-bond donors (Lipinski definition) is 0. The molecular weight excluding hydrogens is 417 g/mol. The number of benzene rings is 2. The van der Waals surface area contributed by atoms with Gasteiger partial charge in [-0.2, -0.15) is 0 Å². The topological polar surface area (TPSA) is 67.6 Å². The molecule has 0 saturated carbocycles. The maximum absolute atomic E-state index is 13.2. The molecule has 1 fully saturated rings. The predicted molar refractivity (Wildman–Crippen MR) is 117 cm³/mol. The Morgan fingerprint density at radius 2 is 1.81 bits per heavy atom. The monoisotopic (exact) mass is 439 g/mol. The van der Waals surface area contributed by atoms with Crippen molar-refractivity contribution in [2.45, 2.75) is 19.0 Å². The number of hydrogen-bond acceptors (Lipinski definition) is 4. The van der Waals surface area contributed by atoms with Crippen molar-refractivity contribution < 1.29 is 22.0 Å². The first-order valence-electron chi connectivity index (χ1n) is 9.98. The highest BCUT2D eigenvalue weighted by atomic mass is 32.2. The molecule has 0 spiro atoms. The van der Waals surface area contributed by atoms with E-state index in [-0.39, 0.29) is 29.8 Å². The number of rotatable bonds is 6. The minimum atomic E-state index is -3.16. The number of furan rings is 1. The summed E-state index contributed by atoms with van der Waals surface area (Å²) < 4.78 is 43.1. The molecule has 1 aliphatic heterocycles. The van der Waals surface area contributed by atoms with Gasteiger partial charge < -0.3 is 9.32 Å². The number of amides is 1. The second-order valence-electron chi connectivity index (χ2n) is 7.54. The minimum Gasteiger partial charge on any atom is -0.459 e. The lowest BCUT2D eigenvalue weighted by atomic mass is 10.1. The average Bonchev–Trinajstić information content (AvgIpc) is 3.37. The molecule has 3 aromatic rings. The molecule has 160 valence electrons. The lowest BCUT2D eigenvalue weighted by Crippen LogP contribution is -2.39. The van der Waals surface area contributed by atoms with Gasteiger partial charge in [0.25, 0.3) is 0 Å². The summed E-state index contributed by atoms with van der Waals surface area (Å²) in [5, 5.41) is 0. The van der Waals surface area contributed by atoms with Gasteiger partial charge in [0.1, 0.15) is 17.3 Å². The highest BCUT2D eigenvalue weighted by Crippen LogP contribution is 2.26. The minimum absolute atomic E-state index is 0.0521. The second-order valence-corrected chi connectivity index (χ2v) is 9.77. The Kier molecular flexibility index (Phi) is 6.04. The highest BCUT2D eigenvalue weighted by molar-refractivity contribution is 7.91. The maximum Gasteiger partial charge on any atom is 0.247 e. The van der Waals surface area contributed by atoms with Gasteiger partial charge in [0, 0.05) is 17.7 Å². The van der Waals surface area contributed by atoms with Crippen LogP contribution in [0.5, 0.6) is 0 Å². The van der Waals surface area contributed by atoms with E-state index >= 15 is 0 Å². The summed E-state index contributed by atoms with van der Waals surface area (Å²) in [5.41, 5.74) is 1.60. The summed E-state index contributed by atoms with van der Waals surface area (Å²) in [6.07, 6.45) is 3.58. The fourth-order valence-corrected chi connectivity index (χ4v) is 5.37. The first kappa shape index (κ1) is 21.1. The summed E-state index contributed by atoms with van der Waals surface area (Å²) in [6.45, 7) is 0.152. The molecule has 2 heterocycles. The third kappa shape index (κ3) is 5.30. The first-order valence-corrected chi connectivity index (χ1v) is 11.8. The van der Waals surface area contributed by atoms with Gasteiger partial charge in [-0.25, -0.2) is 12.8 Å². The maximum atomic E-state index is 13.2. The van der Waals surface area contributed by atoms with Gasteiger partial charge in [-0.3, -0.25) is 4.79 Å². The van der Waals surface area contributed by atoms with Gasteiger partial charge in [-0.15, -0.1) is 0 Å². The number of carbonyl (C=O) groups excluding carboxylic acids is 1. The van der Waals surface area contributed by atoms with E-state index in [9.17, 15) is 17.6 Å². The van der Waals surface area contributed by atoms with E-state index < -0.39 is 15.9 Å². The molecule has 1 aromatic heterocycles. The third-order valence-corrected chi connectivity index (χ3v) is 7.02. The van der Waals surface area contributed by atoms with Gasteiger partial charge >= 0.3 is 0 Å². The zero-order chi connectivity index (χ0) is 21.8. The van der Waals surface area contributed by atoms with Gasteiger partial charge in [0.2, 0.25) is 5.91 Å². The second kappa shape index (κ2) is 8.89. The molecule has 0 radical (unpaired) electrons. The molecule has 5 nitrogen and oxygen atoms in total. The van der Waals surface area contributed by atoms with Crippen LogP contribution < -0.4 is 0 Å². The Morgan fingerprint density at radius 1 is 1.06 bits per heavy atom. The molecule has 0 aliphatic carbocycles. The van der Waals surface area contributed by atoms with Crippen molar-refractivity contribution in [1.82, 2.24) is 4.90 Å². The number of carbonyl (C=O) groups is 1. The highest BCUT2D eigenvalue weighted by Gasteiger charge is 2.34. The van der Waals surface area contributed by atoms with E-state index in [4.69, 9.17) is 4.42 Å².